The van der Waals surface area contributed by atoms with Gasteiger partial charge in [0, 0.05) is 0 Å². The maximum Gasteiger partial charge on any atom is 0.116 e. The van der Waals surface area contributed by atoms with Crippen molar-refractivity contribution in [3.8, 4) is 61.4 Å². The van der Waals surface area contributed by atoms with E-state index in [0.717, 1.165) is 21.9 Å². The van der Waals surface area contributed by atoms with Crippen LogP contribution in [0.25, 0.3) is 109 Å². The molecular formula is C56H36O. The zero-order chi connectivity index (χ0) is 37.9. The summed E-state index contributed by atoms with van der Waals surface area (Å²) in [6.45, 7) is 0. The molecule has 0 saturated heterocycles. The largest absolute Gasteiger partial charge is 0.508 e. The molecule has 11 aromatic rings. The molecule has 0 aliphatic heterocycles. The molecule has 266 valence electrons. The number of hydrogen-bond acceptors (Lipinski definition) is 1. The Morgan fingerprint density at radius 2 is 0.579 bits per heavy atom. The van der Waals surface area contributed by atoms with E-state index < -0.39 is 0 Å². The van der Waals surface area contributed by atoms with E-state index in [1.165, 1.54) is 87.6 Å². The molecule has 1 N–H and O–H groups in total. The molecule has 0 radical (unpaired) electrons. The molecule has 0 atom stereocenters. The monoisotopic (exact) mass is 724 g/mol. The Morgan fingerprint density at radius 1 is 0.228 bits per heavy atom. The molecule has 11 aromatic carbocycles. The highest BCUT2D eigenvalue weighted by atomic mass is 16.3. The van der Waals surface area contributed by atoms with Gasteiger partial charge in [-0.1, -0.05) is 200 Å². The van der Waals surface area contributed by atoms with Crippen LogP contribution in [-0.2, 0) is 0 Å². The third kappa shape index (κ3) is 5.47. The maximum absolute atomic E-state index is 10.4. The van der Waals surface area contributed by atoms with Crippen LogP contribution in [0.1, 0.15) is 0 Å². The van der Waals surface area contributed by atoms with Gasteiger partial charge in [0.15, 0.2) is 0 Å². The van der Waals surface area contributed by atoms with E-state index in [1.807, 2.05) is 12.1 Å². The summed E-state index contributed by atoms with van der Waals surface area (Å²) in [6.07, 6.45) is 0. The van der Waals surface area contributed by atoms with Gasteiger partial charge in [-0.3, -0.25) is 0 Å². The van der Waals surface area contributed by atoms with Crippen LogP contribution in [0, 0.1) is 0 Å². The first-order valence-corrected chi connectivity index (χ1v) is 19.6. The molecule has 11 rings (SSSR count). The van der Waals surface area contributed by atoms with Crippen LogP contribution in [0.4, 0.5) is 0 Å². The number of hydrogen-bond donors (Lipinski definition) is 1. The summed E-state index contributed by atoms with van der Waals surface area (Å²) >= 11 is 0. The summed E-state index contributed by atoms with van der Waals surface area (Å²) in [4.78, 5) is 0. The first kappa shape index (κ1) is 32.9. The van der Waals surface area contributed by atoms with Gasteiger partial charge in [-0.05, 0) is 122 Å². The molecule has 0 aliphatic carbocycles. The van der Waals surface area contributed by atoms with Crippen molar-refractivity contribution in [2.45, 2.75) is 0 Å². The summed E-state index contributed by atoms with van der Waals surface area (Å²) in [5, 5.41) is 22.4. The predicted octanol–water partition coefficient (Wildman–Crippen LogP) is 15.5. The topological polar surface area (TPSA) is 20.2 Å². The number of rotatable bonds is 5. The summed E-state index contributed by atoms with van der Waals surface area (Å²) in [5.74, 6) is 0.276. The Morgan fingerprint density at radius 3 is 1.12 bits per heavy atom. The molecule has 0 aliphatic rings. The molecule has 0 aromatic heterocycles. The highest BCUT2D eigenvalue weighted by Gasteiger charge is 2.18. The minimum atomic E-state index is 0.276. The van der Waals surface area contributed by atoms with Crippen molar-refractivity contribution in [1.82, 2.24) is 0 Å². The molecule has 0 bridgehead atoms. The van der Waals surface area contributed by atoms with Crippen LogP contribution in [0.15, 0.2) is 212 Å². The van der Waals surface area contributed by atoms with Gasteiger partial charge in [0.25, 0.3) is 0 Å². The van der Waals surface area contributed by atoms with Crippen molar-refractivity contribution in [3.63, 3.8) is 0 Å². The third-order valence-electron chi connectivity index (χ3n) is 11.8. The molecule has 0 unspecified atom stereocenters. The van der Waals surface area contributed by atoms with Gasteiger partial charge in [-0.15, -0.1) is 0 Å². The van der Waals surface area contributed by atoms with Crippen LogP contribution < -0.4 is 0 Å². The zero-order valence-electron chi connectivity index (χ0n) is 31.2. The lowest BCUT2D eigenvalue weighted by Gasteiger charge is -2.18. The molecule has 0 fully saturated rings. The van der Waals surface area contributed by atoms with Crippen LogP contribution in [0.2, 0.25) is 0 Å². The number of phenolic OH excluding ortho intramolecular Hbond substituents is 1. The fraction of sp³-hybridized carbons (Fsp3) is 0. The Bertz CT molecular complexity index is 3270. The van der Waals surface area contributed by atoms with Crippen LogP contribution >= 0.6 is 0 Å². The van der Waals surface area contributed by atoms with E-state index in [1.54, 1.807) is 6.07 Å². The van der Waals surface area contributed by atoms with Gasteiger partial charge < -0.3 is 5.11 Å². The average molecular weight is 725 g/mol. The smallest absolute Gasteiger partial charge is 0.116 e. The normalized spacial score (nSPS) is 11.6. The van der Waals surface area contributed by atoms with Gasteiger partial charge in [-0.25, -0.2) is 0 Å². The van der Waals surface area contributed by atoms with Crippen molar-refractivity contribution in [1.29, 1.82) is 0 Å². The molecule has 0 heterocycles. The lowest BCUT2D eigenvalue weighted by Crippen LogP contribution is -1.91. The number of phenols is 1. The molecule has 0 saturated carbocycles. The predicted molar refractivity (Wildman–Crippen MR) is 243 cm³/mol. The maximum atomic E-state index is 10.4. The van der Waals surface area contributed by atoms with Crippen LogP contribution in [0.3, 0.4) is 0 Å². The standard InChI is InChI=1S/C56H36O/c57-42-34-33-37-13-8-21-49(54(37)35-42)48-24-10-22-46-45(20-9-23-47(46)48)39-27-31-41(32-28-39)56-52-17-5-3-15-50(52)55(51-16-4-6-18-53(51)56)40-29-25-38(26-30-40)44-19-7-12-36-11-1-2-14-43(36)44/h1-35,57H. The molecule has 0 amide bonds. The quantitative estimate of drug-likeness (QED) is 0.175. The van der Waals surface area contributed by atoms with Crippen molar-refractivity contribution >= 4 is 53.9 Å². The summed E-state index contributed by atoms with van der Waals surface area (Å²) in [5.41, 5.74) is 12.0. The second kappa shape index (κ2) is 13.4. The second-order valence-corrected chi connectivity index (χ2v) is 14.9. The molecule has 0 spiro atoms. The SMILES string of the molecule is Oc1ccc2cccc(-c3cccc4c(-c5ccc(-c6c7ccccc7c(-c7ccc(-c8cccc9ccccc89)cc7)c7ccccc67)cc5)cccc34)c2c1. The number of fused-ring (bicyclic) bond motifs is 5. The Kier molecular flexibility index (Phi) is 7.72. The lowest BCUT2D eigenvalue weighted by atomic mass is 9.85. The first-order valence-electron chi connectivity index (χ1n) is 19.6. The zero-order valence-corrected chi connectivity index (χ0v) is 31.2. The number of aromatic hydroxyl groups is 1. The molecule has 57 heavy (non-hydrogen) atoms. The van der Waals surface area contributed by atoms with Gasteiger partial charge in [0.2, 0.25) is 0 Å². The Labute approximate surface area is 331 Å². The minimum Gasteiger partial charge on any atom is -0.508 e. The highest BCUT2D eigenvalue weighted by Crippen LogP contribution is 2.45. The summed E-state index contributed by atoms with van der Waals surface area (Å²) in [7, 11) is 0. The fourth-order valence-electron chi connectivity index (χ4n) is 9.15. The molecular weight excluding hydrogens is 689 g/mol. The average Bonchev–Trinajstić information content (AvgIpc) is 3.27. The first-order chi connectivity index (χ1) is 28.2. The third-order valence-corrected chi connectivity index (χ3v) is 11.8. The van der Waals surface area contributed by atoms with Crippen molar-refractivity contribution in [2.24, 2.45) is 0 Å². The second-order valence-electron chi connectivity index (χ2n) is 14.9. The highest BCUT2D eigenvalue weighted by molar-refractivity contribution is 6.21. The summed E-state index contributed by atoms with van der Waals surface area (Å²) < 4.78 is 0. The minimum absolute atomic E-state index is 0.276. The van der Waals surface area contributed by atoms with Crippen molar-refractivity contribution in [2.75, 3.05) is 0 Å². The fourth-order valence-corrected chi connectivity index (χ4v) is 9.15. The number of benzene rings is 11. The molecule has 1 heteroatoms. The van der Waals surface area contributed by atoms with Crippen molar-refractivity contribution in [3.05, 3.63) is 212 Å². The Balaban J connectivity index is 1.02. The van der Waals surface area contributed by atoms with E-state index >= 15 is 0 Å². The van der Waals surface area contributed by atoms with E-state index in [9.17, 15) is 5.11 Å². The van der Waals surface area contributed by atoms with Gasteiger partial charge >= 0.3 is 0 Å². The van der Waals surface area contributed by atoms with E-state index in [2.05, 4.69) is 194 Å². The summed E-state index contributed by atoms with van der Waals surface area (Å²) in [6, 6.07) is 76.3. The van der Waals surface area contributed by atoms with Gasteiger partial charge in [-0.2, -0.15) is 0 Å². The van der Waals surface area contributed by atoms with Crippen molar-refractivity contribution < 1.29 is 5.11 Å². The molecule has 1 nitrogen and oxygen atoms in total. The van der Waals surface area contributed by atoms with Crippen LogP contribution in [0.5, 0.6) is 5.75 Å². The van der Waals surface area contributed by atoms with E-state index in [-0.39, 0.29) is 5.75 Å². The van der Waals surface area contributed by atoms with E-state index in [4.69, 9.17) is 0 Å². The van der Waals surface area contributed by atoms with Crippen LogP contribution in [-0.4, -0.2) is 5.11 Å². The Hall–Kier alpha value is -7.48. The van der Waals surface area contributed by atoms with Gasteiger partial charge in [0.1, 0.15) is 5.75 Å². The lowest BCUT2D eigenvalue weighted by molar-refractivity contribution is 0.476. The van der Waals surface area contributed by atoms with Gasteiger partial charge in [0.05, 0.1) is 0 Å². The van der Waals surface area contributed by atoms with E-state index in [0.29, 0.717) is 0 Å².